The lowest BCUT2D eigenvalue weighted by atomic mass is 9.81. The van der Waals surface area contributed by atoms with Crippen LogP contribution in [0.25, 0.3) is 0 Å². The van der Waals surface area contributed by atoms with Crippen LogP contribution >= 0.6 is 0 Å². The molecule has 14 heteroatoms. The number of nitrogens with one attached hydrogen (secondary N) is 1. The van der Waals surface area contributed by atoms with Gasteiger partial charge in [0.1, 0.15) is 0 Å². The van der Waals surface area contributed by atoms with Gasteiger partial charge in [-0.2, -0.15) is 13.2 Å². The lowest BCUT2D eigenvalue weighted by Gasteiger charge is -2.45. The van der Waals surface area contributed by atoms with E-state index >= 15 is 0 Å². The second-order valence-corrected chi connectivity index (χ2v) is 8.62. The molecule has 1 aliphatic carbocycles. The Kier molecular flexibility index (Phi) is 7.26. The highest BCUT2D eigenvalue weighted by molar-refractivity contribution is 5.90. The van der Waals surface area contributed by atoms with Crippen molar-refractivity contribution in [1.29, 1.82) is 0 Å². The molecule has 1 unspecified atom stereocenters. The zero-order valence-electron chi connectivity index (χ0n) is 18.2. The number of hydrogen-bond acceptors (Lipinski definition) is 7. The van der Waals surface area contributed by atoms with Crippen LogP contribution in [0.15, 0.2) is 0 Å². The summed E-state index contributed by atoms with van der Waals surface area (Å²) < 4.78 is 33.6. The SMILES string of the molecule is CC(C)NC(=O)c1nnc2n1CCN1CCN(C(=O)C3CC(O)C3)CC21.O=C(O)C(F)(F)F. The number of aliphatic hydroxyl groups excluding tert-OH is 1. The topological polar surface area (TPSA) is 141 Å². The van der Waals surface area contributed by atoms with Crippen molar-refractivity contribution < 1.29 is 37.8 Å². The molecule has 1 saturated carbocycles. The molecule has 11 nitrogen and oxygen atoms in total. The van der Waals surface area contributed by atoms with E-state index in [4.69, 9.17) is 9.90 Å². The molecule has 1 aromatic rings. The number of rotatable bonds is 3. The van der Waals surface area contributed by atoms with Crippen LogP contribution < -0.4 is 5.32 Å². The van der Waals surface area contributed by atoms with Crippen molar-refractivity contribution in [2.24, 2.45) is 5.92 Å². The van der Waals surface area contributed by atoms with Gasteiger partial charge >= 0.3 is 12.1 Å². The number of carboxylic acids is 1. The Labute approximate surface area is 187 Å². The zero-order chi connectivity index (χ0) is 24.5. The number of carbonyl (C=O) groups is 3. The Morgan fingerprint density at radius 3 is 2.24 bits per heavy atom. The maximum absolute atomic E-state index is 12.6. The molecule has 33 heavy (non-hydrogen) atoms. The molecule has 1 atom stereocenters. The van der Waals surface area contributed by atoms with E-state index in [1.807, 2.05) is 23.3 Å². The number of aliphatic hydroxyl groups is 1. The molecule has 4 rings (SSSR count). The number of amides is 2. The molecule has 2 aliphatic heterocycles. The fourth-order valence-electron chi connectivity index (χ4n) is 4.09. The lowest BCUT2D eigenvalue weighted by molar-refractivity contribution is -0.192. The molecule has 2 fully saturated rings. The van der Waals surface area contributed by atoms with Crippen molar-refractivity contribution in [1.82, 2.24) is 29.9 Å². The quantitative estimate of drug-likeness (QED) is 0.555. The number of aliphatic carboxylic acids is 1. The summed E-state index contributed by atoms with van der Waals surface area (Å²) >= 11 is 0. The van der Waals surface area contributed by atoms with E-state index in [1.54, 1.807) is 0 Å². The van der Waals surface area contributed by atoms with Gasteiger partial charge in [-0.25, -0.2) is 4.79 Å². The molecule has 0 spiro atoms. The Morgan fingerprint density at radius 1 is 1.09 bits per heavy atom. The largest absolute Gasteiger partial charge is 0.490 e. The van der Waals surface area contributed by atoms with E-state index in [0.717, 1.165) is 18.9 Å². The van der Waals surface area contributed by atoms with Crippen LogP contribution in [-0.4, -0.2) is 97.1 Å². The van der Waals surface area contributed by atoms with Crippen molar-refractivity contribution in [3.63, 3.8) is 0 Å². The van der Waals surface area contributed by atoms with E-state index in [0.29, 0.717) is 38.3 Å². The molecule has 3 aliphatic rings. The molecule has 2 amide bonds. The van der Waals surface area contributed by atoms with Crippen LogP contribution in [-0.2, 0) is 16.1 Å². The Balaban J connectivity index is 0.000000383. The molecule has 0 aromatic carbocycles. The summed E-state index contributed by atoms with van der Waals surface area (Å²) in [5.41, 5.74) is 0. The summed E-state index contributed by atoms with van der Waals surface area (Å²) in [7, 11) is 0. The number of hydrogen-bond donors (Lipinski definition) is 3. The summed E-state index contributed by atoms with van der Waals surface area (Å²) in [6, 6.07) is 0.00992. The average molecular weight is 476 g/mol. The van der Waals surface area contributed by atoms with Crippen molar-refractivity contribution in [3.8, 4) is 0 Å². The first kappa shape index (κ1) is 24.9. The third kappa shape index (κ3) is 5.61. The highest BCUT2D eigenvalue weighted by Crippen LogP contribution is 2.33. The summed E-state index contributed by atoms with van der Waals surface area (Å²) in [5.74, 6) is -1.78. The maximum atomic E-state index is 12.6. The minimum Gasteiger partial charge on any atom is -0.475 e. The number of carboxylic acid groups (broad SMARTS) is 1. The van der Waals surface area contributed by atoms with Gasteiger partial charge in [0, 0.05) is 44.7 Å². The summed E-state index contributed by atoms with van der Waals surface area (Å²) in [6.07, 6.45) is -4.27. The van der Waals surface area contributed by atoms with E-state index in [1.165, 1.54) is 0 Å². The van der Waals surface area contributed by atoms with Crippen LogP contribution in [0.2, 0.25) is 0 Å². The van der Waals surface area contributed by atoms with Crippen LogP contribution in [0.1, 0.15) is 49.2 Å². The van der Waals surface area contributed by atoms with Gasteiger partial charge in [0.15, 0.2) is 5.82 Å². The fourth-order valence-corrected chi connectivity index (χ4v) is 4.09. The van der Waals surface area contributed by atoms with E-state index < -0.39 is 12.1 Å². The normalized spacial score (nSPS) is 24.7. The van der Waals surface area contributed by atoms with Gasteiger partial charge in [0.25, 0.3) is 5.91 Å². The standard InChI is InChI=1S/C17H26N6O3.C2HF3O2/c1-10(2)18-16(25)15-20-19-14-13-9-22(17(26)11-7-12(24)8-11)4-3-21(13)5-6-23(14)15;3-2(4,5)1(6)7/h10-13,24H,3-9H2,1-2H3,(H,18,25);(H,6,7). The molecule has 1 saturated heterocycles. The molecular formula is C19H27F3N6O5. The minimum atomic E-state index is -5.08. The number of halogens is 3. The zero-order valence-corrected chi connectivity index (χ0v) is 18.2. The Bertz CT molecular complexity index is 899. The molecule has 184 valence electrons. The van der Waals surface area contributed by atoms with Crippen LogP contribution in [0.3, 0.4) is 0 Å². The van der Waals surface area contributed by atoms with Gasteiger partial charge in [0.05, 0.1) is 12.1 Å². The molecule has 0 radical (unpaired) electrons. The third-order valence-corrected chi connectivity index (χ3v) is 5.82. The molecular weight excluding hydrogens is 449 g/mol. The number of aromatic nitrogens is 3. The lowest BCUT2D eigenvalue weighted by Crippen LogP contribution is -2.56. The second-order valence-electron chi connectivity index (χ2n) is 8.62. The first-order valence-corrected chi connectivity index (χ1v) is 10.6. The molecule has 0 bridgehead atoms. The van der Waals surface area contributed by atoms with Gasteiger partial charge in [-0.3, -0.25) is 14.5 Å². The molecule has 1 aromatic heterocycles. The van der Waals surface area contributed by atoms with E-state index in [2.05, 4.69) is 20.4 Å². The number of nitrogens with zero attached hydrogens (tertiary/aromatic N) is 5. The number of fused-ring (bicyclic) bond motifs is 3. The third-order valence-electron chi connectivity index (χ3n) is 5.82. The van der Waals surface area contributed by atoms with Crippen molar-refractivity contribution in [2.75, 3.05) is 26.2 Å². The van der Waals surface area contributed by atoms with Crippen molar-refractivity contribution in [3.05, 3.63) is 11.6 Å². The Morgan fingerprint density at radius 2 is 1.70 bits per heavy atom. The average Bonchev–Trinajstić information content (AvgIpc) is 3.14. The molecule has 3 heterocycles. The monoisotopic (exact) mass is 476 g/mol. The summed E-state index contributed by atoms with van der Waals surface area (Å²) in [4.78, 5) is 38.1. The number of alkyl halides is 3. The smallest absolute Gasteiger partial charge is 0.475 e. The summed E-state index contributed by atoms with van der Waals surface area (Å²) in [5, 5.41) is 27.9. The van der Waals surface area contributed by atoms with E-state index in [-0.39, 0.29) is 35.9 Å². The van der Waals surface area contributed by atoms with Crippen LogP contribution in [0.5, 0.6) is 0 Å². The van der Waals surface area contributed by atoms with Gasteiger partial charge in [-0.05, 0) is 26.7 Å². The maximum Gasteiger partial charge on any atom is 0.490 e. The first-order valence-electron chi connectivity index (χ1n) is 10.6. The second kappa shape index (κ2) is 9.63. The molecule has 3 N–H and O–H groups in total. The number of carbonyl (C=O) groups excluding carboxylic acids is 2. The predicted octanol–water partition coefficient (Wildman–Crippen LogP) is 0.0194. The van der Waals surface area contributed by atoms with Gasteiger partial charge in [-0.1, -0.05) is 0 Å². The first-order chi connectivity index (χ1) is 15.4. The van der Waals surface area contributed by atoms with Crippen molar-refractivity contribution in [2.45, 2.75) is 57.6 Å². The Hall–Kier alpha value is -2.74. The minimum absolute atomic E-state index is 0.0282. The summed E-state index contributed by atoms with van der Waals surface area (Å²) in [6.45, 7) is 7.40. The van der Waals surface area contributed by atoms with Crippen LogP contribution in [0, 0.1) is 5.92 Å². The highest BCUT2D eigenvalue weighted by atomic mass is 19.4. The van der Waals surface area contributed by atoms with Gasteiger partial charge in [-0.15, -0.1) is 10.2 Å². The van der Waals surface area contributed by atoms with Gasteiger partial charge < -0.3 is 25.0 Å². The van der Waals surface area contributed by atoms with E-state index in [9.17, 15) is 27.9 Å². The highest BCUT2D eigenvalue weighted by Gasteiger charge is 2.42. The fraction of sp³-hybridized carbons (Fsp3) is 0.737. The van der Waals surface area contributed by atoms with Gasteiger partial charge in [0.2, 0.25) is 11.7 Å². The predicted molar refractivity (Wildman–Crippen MR) is 106 cm³/mol. The van der Waals surface area contributed by atoms with Crippen molar-refractivity contribution >= 4 is 17.8 Å². The number of piperazine rings is 1. The van der Waals surface area contributed by atoms with Crippen LogP contribution in [0.4, 0.5) is 13.2 Å².